The molecule has 0 saturated carbocycles. The van der Waals surface area contributed by atoms with Gasteiger partial charge in [-0.05, 0) is 19.1 Å². The summed E-state index contributed by atoms with van der Waals surface area (Å²) in [4.78, 5) is 8.30. The number of nitrogens with zero attached hydrogens (tertiary/aromatic N) is 4. The minimum atomic E-state index is 0.549. The summed E-state index contributed by atoms with van der Waals surface area (Å²) in [6.45, 7) is 2.54. The molecule has 86 valence electrons. The van der Waals surface area contributed by atoms with E-state index in [1.54, 1.807) is 6.07 Å². The van der Waals surface area contributed by atoms with Gasteiger partial charge in [-0.2, -0.15) is 10.4 Å². The number of aromatic amines is 1. The van der Waals surface area contributed by atoms with Crippen molar-refractivity contribution >= 4 is 5.82 Å². The monoisotopic (exact) mass is 228 g/mol. The Hall–Kier alpha value is -2.42. The van der Waals surface area contributed by atoms with E-state index in [2.05, 4.69) is 31.6 Å². The first-order chi connectivity index (χ1) is 8.29. The first kappa shape index (κ1) is 11.1. The highest BCUT2D eigenvalue weighted by molar-refractivity contribution is 5.52. The quantitative estimate of drug-likeness (QED) is 0.815. The predicted octanol–water partition coefficient (Wildman–Crippen LogP) is 1.03. The minimum absolute atomic E-state index is 0.549. The number of pyridine rings is 1. The predicted molar refractivity (Wildman–Crippen MR) is 62.3 cm³/mol. The van der Waals surface area contributed by atoms with Crippen molar-refractivity contribution in [3.8, 4) is 6.07 Å². The van der Waals surface area contributed by atoms with Crippen LogP contribution in [0.5, 0.6) is 0 Å². The van der Waals surface area contributed by atoms with Crippen LogP contribution in [-0.4, -0.2) is 26.7 Å². The average molecular weight is 228 g/mol. The molecule has 2 aromatic rings. The third kappa shape index (κ3) is 2.78. The Morgan fingerprint density at radius 3 is 3.06 bits per heavy atom. The van der Waals surface area contributed by atoms with E-state index < -0.39 is 0 Å². The molecule has 0 unspecified atom stereocenters. The maximum absolute atomic E-state index is 8.93. The van der Waals surface area contributed by atoms with Crippen LogP contribution < -0.4 is 5.32 Å². The summed E-state index contributed by atoms with van der Waals surface area (Å²) < 4.78 is 0. The zero-order valence-electron chi connectivity index (χ0n) is 9.44. The molecule has 0 spiro atoms. The normalized spacial score (nSPS) is 9.88. The lowest BCUT2D eigenvalue weighted by Gasteiger charge is -2.06. The van der Waals surface area contributed by atoms with Crippen molar-refractivity contribution in [2.24, 2.45) is 0 Å². The van der Waals surface area contributed by atoms with Crippen LogP contribution in [0.25, 0.3) is 0 Å². The van der Waals surface area contributed by atoms with Gasteiger partial charge in [0.2, 0.25) is 0 Å². The van der Waals surface area contributed by atoms with Gasteiger partial charge in [0, 0.05) is 18.7 Å². The Bertz CT molecular complexity index is 525. The molecule has 2 rings (SSSR count). The molecule has 0 fully saturated rings. The van der Waals surface area contributed by atoms with E-state index in [0.29, 0.717) is 24.3 Å². The van der Waals surface area contributed by atoms with Gasteiger partial charge in [-0.3, -0.25) is 5.10 Å². The van der Waals surface area contributed by atoms with Crippen LogP contribution in [0.15, 0.2) is 18.5 Å². The summed E-state index contributed by atoms with van der Waals surface area (Å²) >= 11 is 0. The molecular formula is C11H12N6. The van der Waals surface area contributed by atoms with E-state index in [0.717, 1.165) is 11.5 Å². The molecule has 0 bridgehead atoms. The van der Waals surface area contributed by atoms with E-state index in [1.807, 2.05) is 13.0 Å². The lowest BCUT2D eigenvalue weighted by molar-refractivity contribution is 0.895. The van der Waals surface area contributed by atoms with Crippen molar-refractivity contribution in [2.45, 2.75) is 13.3 Å². The van der Waals surface area contributed by atoms with Gasteiger partial charge >= 0.3 is 0 Å². The molecule has 0 aliphatic heterocycles. The summed E-state index contributed by atoms with van der Waals surface area (Å²) in [5, 5.41) is 18.6. The summed E-state index contributed by atoms with van der Waals surface area (Å²) in [7, 11) is 0. The van der Waals surface area contributed by atoms with E-state index in [9.17, 15) is 0 Å². The molecule has 0 aliphatic rings. The third-order valence-electron chi connectivity index (χ3n) is 2.27. The van der Waals surface area contributed by atoms with E-state index in [4.69, 9.17) is 5.26 Å². The number of nitriles is 1. The zero-order valence-corrected chi connectivity index (χ0v) is 9.44. The second-order valence-corrected chi connectivity index (χ2v) is 3.57. The molecule has 0 radical (unpaired) electrons. The zero-order chi connectivity index (χ0) is 12.1. The Labute approximate surface area is 98.7 Å². The van der Waals surface area contributed by atoms with Crippen LogP contribution in [0.4, 0.5) is 5.82 Å². The van der Waals surface area contributed by atoms with E-state index in [-0.39, 0.29) is 0 Å². The molecule has 0 amide bonds. The fourth-order valence-corrected chi connectivity index (χ4v) is 1.43. The van der Waals surface area contributed by atoms with Crippen LogP contribution >= 0.6 is 0 Å². The molecule has 17 heavy (non-hydrogen) atoms. The van der Waals surface area contributed by atoms with Gasteiger partial charge in [-0.15, -0.1) is 0 Å². The molecule has 0 atom stereocenters. The number of anilines is 1. The van der Waals surface area contributed by atoms with Crippen molar-refractivity contribution < 1.29 is 0 Å². The van der Waals surface area contributed by atoms with Crippen molar-refractivity contribution in [1.29, 1.82) is 5.26 Å². The fourth-order valence-electron chi connectivity index (χ4n) is 1.43. The molecule has 0 aromatic carbocycles. The Balaban J connectivity index is 1.99. The van der Waals surface area contributed by atoms with Gasteiger partial charge in [0.25, 0.3) is 0 Å². The van der Waals surface area contributed by atoms with Crippen LogP contribution in [0.1, 0.15) is 17.1 Å². The molecule has 0 saturated heterocycles. The summed E-state index contributed by atoms with van der Waals surface area (Å²) in [5.74, 6) is 1.43. The van der Waals surface area contributed by atoms with Crippen LogP contribution in [-0.2, 0) is 6.42 Å². The number of rotatable bonds is 4. The Morgan fingerprint density at radius 1 is 1.47 bits per heavy atom. The highest BCUT2D eigenvalue weighted by Crippen LogP contribution is 2.11. The minimum Gasteiger partial charge on any atom is -0.369 e. The number of aromatic nitrogens is 4. The lowest BCUT2D eigenvalue weighted by atomic mass is 10.2. The lowest BCUT2D eigenvalue weighted by Crippen LogP contribution is -2.09. The molecule has 6 nitrogen and oxygen atoms in total. The number of nitrogens with one attached hydrogen (secondary N) is 2. The largest absolute Gasteiger partial charge is 0.369 e. The summed E-state index contributed by atoms with van der Waals surface area (Å²) in [6.07, 6.45) is 2.18. The second-order valence-electron chi connectivity index (χ2n) is 3.57. The smallest absolute Gasteiger partial charge is 0.144 e. The molecule has 2 aromatic heterocycles. The Morgan fingerprint density at radius 2 is 2.35 bits per heavy atom. The number of aryl methyl sites for hydroxylation is 1. The Kier molecular flexibility index (Phi) is 3.31. The van der Waals surface area contributed by atoms with Gasteiger partial charge in [0.1, 0.15) is 24.0 Å². The molecule has 2 N–H and O–H groups in total. The van der Waals surface area contributed by atoms with Gasteiger partial charge in [-0.25, -0.2) is 9.97 Å². The third-order valence-corrected chi connectivity index (χ3v) is 2.27. The van der Waals surface area contributed by atoms with Crippen molar-refractivity contribution in [1.82, 2.24) is 20.2 Å². The van der Waals surface area contributed by atoms with Gasteiger partial charge in [0.15, 0.2) is 0 Å². The first-order valence-corrected chi connectivity index (χ1v) is 5.25. The van der Waals surface area contributed by atoms with Crippen molar-refractivity contribution in [3.05, 3.63) is 35.5 Å². The molecular weight excluding hydrogens is 216 g/mol. The van der Waals surface area contributed by atoms with Crippen molar-refractivity contribution in [2.75, 3.05) is 11.9 Å². The standard InChI is InChI=1S/C11H12N6/c1-8-2-3-9(6-12)11(16-8)13-5-4-10-14-7-15-17-10/h2-3,7H,4-5H2,1H3,(H,13,16)(H,14,15,17). The topological polar surface area (TPSA) is 90.3 Å². The van der Waals surface area contributed by atoms with Crippen LogP contribution in [0.2, 0.25) is 0 Å². The fraction of sp³-hybridized carbons (Fsp3) is 0.273. The van der Waals surface area contributed by atoms with E-state index >= 15 is 0 Å². The maximum atomic E-state index is 8.93. The first-order valence-electron chi connectivity index (χ1n) is 5.25. The number of hydrogen-bond acceptors (Lipinski definition) is 5. The summed E-state index contributed by atoms with van der Waals surface area (Å²) in [6, 6.07) is 5.69. The number of hydrogen-bond donors (Lipinski definition) is 2. The summed E-state index contributed by atoms with van der Waals surface area (Å²) in [5.41, 5.74) is 1.43. The van der Waals surface area contributed by atoms with Gasteiger partial charge in [-0.1, -0.05) is 0 Å². The van der Waals surface area contributed by atoms with Gasteiger partial charge in [0.05, 0.1) is 5.56 Å². The second kappa shape index (κ2) is 5.07. The highest BCUT2D eigenvalue weighted by atomic mass is 15.2. The van der Waals surface area contributed by atoms with Crippen LogP contribution in [0, 0.1) is 18.3 Å². The molecule has 2 heterocycles. The highest BCUT2D eigenvalue weighted by Gasteiger charge is 2.03. The van der Waals surface area contributed by atoms with Gasteiger partial charge < -0.3 is 5.32 Å². The maximum Gasteiger partial charge on any atom is 0.144 e. The average Bonchev–Trinajstić information content (AvgIpc) is 2.82. The molecule has 6 heteroatoms. The van der Waals surface area contributed by atoms with E-state index in [1.165, 1.54) is 6.33 Å². The number of H-pyrrole nitrogens is 1. The molecule has 0 aliphatic carbocycles. The van der Waals surface area contributed by atoms with Crippen molar-refractivity contribution in [3.63, 3.8) is 0 Å². The van der Waals surface area contributed by atoms with Crippen LogP contribution in [0.3, 0.4) is 0 Å². The SMILES string of the molecule is Cc1ccc(C#N)c(NCCc2ncn[nH]2)n1.